The maximum atomic E-state index is 5.69. The van der Waals surface area contributed by atoms with Gasteiger partial charge in [0.25, 0.3) is 0 Å². The summed E-state index contributed by atoms with van der Waals surface area (Å²) in [7, 11) is 1.67. The van der Waals surface area contributed by atoms with E-state index >= 15 is 0 Å². The summed E-state index contributed by atoms with van der Waals surface area (Å²) in [4.78, 5) is 4.22. The molecule has 5 heteroatoms. The lowest BCUT2D eigenvalue weighted by Gasteiger charge is -2.08. The highest BCUT2D eigenvalue weighted by Crippen LogP contribution is 2.16. The summed E-state index contributed by atoms with van der Waals surface area (Å²) >= 11 is 0. The second-order valence-corrected chi connectivity index (χ2v) is 4.05. The molecule has 0 radical (unpaired) electrons. The molecule has 0 fully saturated rings. The number of methoxy groups -OCH3 is 1. The summed E-state index contributed by atoms with van der Waals surface area (Å²) in [6.07, 6.45) is 1.69. The molecule has 100 valence electrons. The smallest absolute Gasteiger partial charge is 0.130 e. The minimum absolute atomic E-state index is 0.395. The lowest BCUT2D eigenvalue weighted by Crippen LogP contribution is -2.08. The summed E-state index contributed by atoms with van der Waals surface area (Å²) in [5, 5.41) is 0. The fourth-order valence-corrected chi connectivity index (χ4v) is 1.70. The number of pyridine rings is 1. The molecule has 0 bridgehead atoms. The first kappa shape index (κ1) is 13.3. The molecular formula is C14H17N3O2. The molecule has 1 aromatic carbocycles. The van der Waals surface area contributed by atoms with Gasteiger partial charge in [-0.2, -0.15) is 0 Å². The van der Waals surface area contributed by atoms with Crippen LogP contribution in [-0.4, -0.2) is 12.1 Å². The van der Waals surface area contributed by atoms with Crippen molar-refractivity contribution < 1.29 is 9.47 Å². The quantitative estimate of drug-likeness (QED) is 0.614. The second-order valence-electron chi connectivity index (χ2n) is 4.05. The molecule has 1 heterocycles. The topological polar surface area (TPSA) is 69.4 Å². The number of nitrogens with two attached hydrogens (primary N) is 1. The van der Waals surface area contributed by atoms with Crippen molar-refractivity contribution in [2.45, 2.75) is 13.2 Å². The minimum Gasteiger partial charge on any atom is -0.487 e. The molecule has 5 nitrogen and oxygen atoms in total. The molecule has 0 atom stereocenters. The summed E-state index contributed by atoms with van der Waals surface area (Å²) in [6, 6.07) is 11.4. The fourth-order valence-electron chi connectivity index (χ4n) is 1.70. The van der Waals surface area contributed by atoms with Gasteiger partial charge in [0.2, 0.25) is 0 Å². The average molecular weight is 259 g/mol. The van der Waals surface area contributed by atoms with Gasteiger partial charge in [0.05, 0.1) is 18.0 Å². The van der Waals surface area contributed by atoms with Crippen LogP contribution >= 0.6 is 0 Å². The van der Waals surface area contributed by atoms with Crippen molar-refractivity contribution in [3.05, 3.63) is 53.9 Å². The van der Waals surface area contributed by atoms with Crippen molar-refractivity contribution in [1.29, 1.82) is 0 Å². The number of anilines is 1. The molecule has 0 aliphatic carbocycles. The van der Waals surface area contributed by atoms with Crippen LogP contribution in [0.4, 0.5) is 5.69 Å². The number of rotatable bonds is 6. The summed E-state index contributed by atoms with van der Waals surface area (Å²) in [5.41, 5.74) is 5.27. The van der Waals surface area contributed by atoms with Gasteiger partial charge in [-0.15, -0.1) is 0 Å². The largest absolute Gasteiger partial charge is 0.487 e. The third kappa shape index (κ3) is 3.94. The Hall–Kier alpha value is -2.11. The normalized spacial score (nSPS) is 10.2. The van der Waals surface area contributed by atoms with Crippen LogP contribution in [0.3, 0.4) is 0 Å². The number of nitrogen functional groups attached to an aromatic ring is 1. The molecule has 0 spiro atoms. The predicted molar refractivity (Wildman–Crippen MR) is 73.5 cm³/mol. The number of benzene rings is 1. The summed E-state index contributed by atoms with van der Waals surface area (Å²) in [6.45, 7) is 0.966. The van der Waals surface area contributed by atoms with E-state index in [0.29, 0.717) is 13.2 Å². The fraction of sp³-hybridized carbons (Fsp3) is 0.214. The molecule has 0 unspecified atom stereocenters. The maximum Gasteiger partial charge on any atom is 0.130 e. The van der Waals surface area contributed by atoms with E-state index in [0.717, 1.165) is 22.7 Å². The van der Waals surface area contributed by atoms with Crippen molar-refractivity contribution in [3.8, 4) is 5.75 Å². The van der Waals surface area contributed by atoms with Gasteiger partial charge in [0.1, 0.15) is 12.4 Å². The first-order chi connectivity index (χ1) is 9.31. The van der Waals surface area contributed by atoms with Crippen LogP contribution in [0.2, 0.25) is 0 Å². The third-order valence-electron chi connectivity index (χ3n) is 2.58. The van der Waals surface area contributed by atoms with E-state index in [2.05, 4.69) is 10.4 Å². The van der Waals surface area contributed by atoms with Gasteiger partial charge in [-0.3, -0.25) is 10.8 Å². The highest BCUT2D eigenvalue weighted by Gasteiger charge is 2.00. The van der Waals surface area contributed by atoms with Gasteiger partial charge in [-0.1, -0.05) is 12.1 Å². The van der Waals surface area contributed by atoms with Crippen molar-refractivity contribution in [2.75, 3.05) is 12.5 Å². The Balaban J connectivity index is 1.99. The van der Waals surface area contributed by atoms with E-state index in [1.54, 1.807) is 19.4 Å². The first-order valence-corrected chi connectivity index (χ1v) is 5.94. The van der Waals surface area contributed by atoms with Gasteiger partial charge >= 0.3 is 0 Å². The van der Waals surface area contributed by atoms with Gasteiger partial charge in [-0.05, 0) is 29.8 Å². The maximum absolute atomic E-state index is 5.69. The number of aromatic nitrogens is 1. The number of hydrogen-bond donors (Lipinski definition) is 2. The highest BCUT2D eigenvalue weighted by atomic mass is 16.5. The van der Waals surface area contributed by atoms with E-state index in [9.17, 15) is 0 Å². The van der Waals surface area contributed by atoms with Gasteiger partial charge in [0.15, 0.2) is 0 Å². The molecule has 2 rings (SSSR count). The Bertz CT molecular complexity index is 532. The monoisotopic (exact) mass is 259 g/mol. The van der Waals surface area contributed by atoms with Gasteiger partial charge in [-0.25, -0.2) is 0 Å². The van der Waals surface area contributed by atoms with E-state index < -0.39 is 0 Å². The first-order valence-electron chi connectivity index (χ1n) is 5.94. The van der Waals surface area contributed by atoms with E-state index in [-0.39, 0.29) is 0 Å². The van der Waals surface area contributed by atoms with Crippen molar-refractivity contribution in [2.24, 2.45) is 5.84 Å². The van der Waals surface area contributed by atoms with Crippen molar-refractivity contribution in [1.82, 2.24) is 4.98 Å². The molecule has 19 heavy (non-hydrogen) atoms. The van der Waals surface area contributed by atoms with Crippen LogP contribution in [0.5, 0.6) is 5.75 Å². The molecular weight excluding hydrogens is 242 g/mol. The SMILES string of the molecule is COCc1cccc(OCc2cc(NN)ccn2)c1. The Morgan fingerprint density at radius 3 is 2.89 bits per heavy atom. The number of nitrogens with zero attached hydrogens (tertiary/aromatic N) is 1. The van der Waals surface area contributed by atoms with Crippen molar-refractivity contribution >= 4 is 5.69 Å². The number of nitrogens with one attached hydrogen (secondary N) is 1. The number of ether oxygens (including phenoxy) is 2. The van der Waals surface area contributed by atoms with E-state index in [1.807, 2.05) is 30.3 Å². The lowest BCUT2D eigenvalue weighted by molar-refractivity contribution is 0.184. The lowest BCUT2D eigenvalue weighted by atomic mass is 10.2. The van der Waals surface area contributed by atoms with Crippen molar-refractivity contribution in [3.63, 3.8) is 0 Å². The Labute approximate surface area is 112 Å². The van der Waals surface area contributed by atoms with Crippen LogP contribution in [0.25, 0.3) is 0 Å². The molecule has 2 aromatic rings. The zero-order chi connectivity index (χ0) is 13.5. The molecule has 3 N–H and O–H groups in total. The zero-order valence-electron chi connectivity index (χ0n) is 10.8. The summed E-state index contributed by atoms with van der Waals surface area (Å²) < 4.78 is 10.8. The third-order valence-corrected chi connectivity index (χ3v) is 2.58. The molecule has 0 aliphatic heterocycles. The van der Waals surface area contributed by atoms with Gasteiger partial charge in [0, 0.05) is 13.3 Å². The number of hydrazine groups is 1. The Morgan fingerprint density at radius 1 is 1.21 bits per heavy atom. The minimum atomic E-state index is 0.395. The van der Waals surface area contributed by atoms with Crippen LogP contribution in [0.1, 0.15) is 11.3 Å². The molecule has 0 saturated heterocycles. The predicted octanol–water partition coefficient (Wildman–Crippen LogP) is 2.09. The molecule has 0 amide bonds. The second kappa shape index (κ2) is 6.72. The van der Waals surface area contributed by atoms with Gasteiger partial charge < -0.3 is 14.9 Å². The van der Waals surface area contributed by atoms with Crippen LogP contribution in [0, 0.1) is 0 Å². The van der Waals surface area contributed by atoms with Crippen LogP contribution in [0.15, 0.2) is 42.6 Å². The standard InChI is InChI=1S/C14H17N3O2/c1-18-9-11-3-2-4-14(7-11)19-10-13-8-12(17-15)5-6-16-13/h2-8H,9-10,15H2,1H3,(H,16,17). The number of hydrogen-bond acceptors (Lipinski definition) is 5. The highest BCUT2D eigenvalue weighted by molar-refractivity contribution is 5.41. The zero-order valence-corrected chi connectivity index (χ0v) is 10.8. The molecule has 1 aromatic heterocycles. The Morgan fingerprint density at radius 2 is 2.11 bits per heavy atom. The Kier molecular flexibility index (Phi) is 4.72. The average Bonchev–Trinajstić information content (AvgIpc) is 2.46. The van der Waals surface area contributed by atoms with Crippen LogP contribution in [-0.2, 0) is 18.0 Å². The van der Waals surface area contributed by atoms with E-state index in [1.165, 1.54) is 0 Å². The van der Waals surface area contributed by atoms with E-state index in [4.69, 9.17) is 15.3 Å². The molecule has 0 saturated carbocycles. The summed E-state index contributed by atoms with van der Waals surface area (Å²) in [5.74, 6) is 6.14. The molecule has 0 aliphatic rings. The van der Waals surface area contributed by atoms with Crippen LogP contribution < -0.4 is 16.0 Å².